The number of sulfonamides is 1. The van der Waals surface area contributed by atoms with Crippen molar-refractivity contribution in [2.75, 3.05) is 5.32 Å². The van der Waals surface area contributed by atoms with Gasteiger partial charge in [0.1, 0.15) is 0 Å². The van der Waals surface area contributed by atoms with Crippen molar-refractivity contribution in [3.63, 3.8) is 0 Å². The highest BCUT2D eigenvalue weighted by Gasteiger charge is 2.29. The molecular formula is C19H23ClN2O2S. The minimum atomic E-state index is -3.52. The van der Waals surface area contributed by atoms with Gasteiger partial charge in [-0.25, -0.2) is 13.1 Å². The number of benzene rings is 2. The smallest absolute Gasteiger partial charge is 0.240 e. The van der Waals surface area contributed by atoms with Crippen LogP contribution < -0.4 is 10.0 Å². The van der Waals surface area contributed by atoms with Gasteiger partial charge in [-0.2, -0.15) is 0 Å². The summed E-state index contributed by atoms with van der Waals surface area (Å²) >= 11 is 5.93. The molecule has 2 atom stereocenters. The first-order chi connectivity index (χ1) is 11.9. The van der Waals surface area contributed by atoms with E-state index in [1.54, 1.807) is 12.1 Å². The van der Waals surface area contributed by atoms with E-state index in [0.29, 0.717) is 9.92 Å². The Balaban J connectivity index is 1.74. The number of halogens is 1. The van der Waals surface area contributed by atoms with Crippen LogP contribution in [0.5, 0.6) is 0 Å². The van der Waals surface area contributed by atoms with Crippen LogP contribution in [0.1, 0.15) is 31.2 Å². The highest BCUT2D eigenvalue weighted by atomic mass is 35.5. The molecule has 0 aliphatic heterocycles. The van der Waals surface area contributed by atoms with Crippen LogP contribution in [0.4, 0.5) is 5.69 Å². The van der Waals surface area contributed by atoms with Crippen molar-refractivity contribution < 1.29 is 8.42 Å². The fourth-order valence-electron chi connectivity index (χ4n) is 3.19. The van der Waals surface area contributed by atoms with Crippen LogP contribution in [0.15, 0.2) is 53.4 Å². The van der Waals surface area contributed by atoms with Gasteiger partial charge in [-0.15, -0.1) is 0 Å². The van der Waals surface area contributed by atoms with Gasteiger partial charge in [0.2, 0.25) is 10.0 Å². The standard InChI is InChI=1S/C19H23ClN2O2S/c1-14-6-12-17(13-7-14)25(23,24)22-19-5-3-2-4-18(19)21-16-10-8-15(20)9-11-16/h6-13,18-19,21-22H,2-5H2,1H3/t18-,19-/m1/s1. The predicted octanol–water partition coefficient (Wildman–Crippen LogP) is 4.35. The molecule has 0 aromatic heterocycles. The molecule has 25 heavy (non-hydrogen) atoms. The maximum Gasteiger partial charge on any atom is 0.240 e. The summed E-state index contributed by atoms with van der Waals surface area (Å²) in [5.74, 6) is 0. The van der Waals surface area contributed by atoms with Crippen LogP contribution in [0.25, 0.3) is 0 Å². The first kappa shape index (κ1) is 18.2. The van der Waals surface area contributed by atoms with E-state index < -0.39 is 10.0 Å². The average molecular weight is 379 g/mol. The van der Waals surface area contributed by atoms with Gasteiger partial charge in [-0.3, -0.25) is 0 Å². The van der Waals surface area contributed by atoms with E-state index in [9.17, 15) is 8.42 Å². The Morgan fingerprint density at radius 1 is 0.920 bits per heavy atom. The highest BCUT2D eigenvalue weighted by molar-refractivity contribution is 7.89. The fraction of sp³-hybridized carbons (Fsp3) is 0.368. The van der Waals surface area contributed by atoms with Crippen LogP contribution in [-0.2, 0) is 10.0 Å². The summed E-state index contributed by atoms with van der Waals surface area (Å²) in [6.07, 6.45) is 3.88. The lowest BCUT2D eigenvalue weighted by Gasteiger charge is -2.33. The van der Waals surface area contributed by atoms with E-state index in [1.165, 1.54) is 0 Å². The highest BCUT2D eigenvalue weighted by Crippen LogP contribution is 2.25. The summed E-state index contributed by atoms with van der Waals surface area (Å²) in [6, 6.07) is 14.4. The average Bonchev–Trinajstić information content (AvgIpc) is 2.59. The molecule has 2 aromatic rings. The summed E-state index contributed by atoms with van der Waals surface area (Å²) in [6.45, 7) is 1.94. The number of hydrogen-bond acceptors (Lipinski definition) is 3. The van der Waals surface area contributed by atoms with Crippen molar-refractivity contribution >= 4 is 27.3 Å². The number of nitrogens with one attached hydrogen (secondary N) is 2. The lowest BCUT2D eigenvalue weighted by molar-refractivity contribution is 0.378. The third-order valence-electron chi connectivity index (χ3n) is 4.60. The van der Waals surface area contributed by atoms with E-state index in [1.807, 2.05) is 43.3 Å². The van der Waals surface area contributed by atoms with Crippen LogP contribution in [0, 0.1) is 6.92 Å². The molecule has 0 heterocycles. The lowest BCUT2D eigenvalue weighted by Crippen LogP contribution is -2.48. The van der Waals surface area contributed by atoms with Gasteiger partial charge in [0.15, 0.2) is 0 Å². The molecule has 134 valence electrons. The van der Waals surface area contributed by atoms with Crippen molar-refractivity contribution in [2.45, 2.75) is 49.6 Å². The van der Waals surface area contributed by atoms with E-state index in [0.717, 1.165) is 36.9 Å². The molecule has 0 saturated heterocycles. The van der Waals surface area contributed by atoms with Gasteiger partial charge in [-0.05, 0) is 56.2 Å². The molecule has 2 aromatic carbocycles. The maximum absolute atomic E-state index is 12.7. The maximum atomic E-state index is 12.7. The molecule has 1 aliphatic carbocycles. The molecule has 3 rings (SSSR count). The van der Waals surface area contributed by atoms with Gasteiger partial charge in [0.25, 0.3) is 0 Å². The van der Waals surface area contributed by atoms with Gasteiger partial charge in [0, 0.05) is 22.8 Å². The Labute approximate surface area is 154 Å². The minimum Gasteiger partial charge on any atom is -0.381 e. The Morgan fingerprint density at radius 3 is 2.16 bits per heavy atom. The van der Waals surface area contributed by atoms with Crippen LogP contribution in [-0.4, -0.2) is 20.5 Å². The molecule has 0 amide bonds. The molecule has 2 N–H and O–H groups in total. The normalized spacial score (nSPS) is 21.0. The second-order valence-corrected chi connectivity index (χ2v) is 8.73. The van der Waals surface area contributed by atoms with Crippen molar-refractivity contribution in [1.82, 2.24) is 4.72 Å². The van der Waals surface area contributed by atoms with E-state index in [4.69, 9.17) is 11.6 Å². The van der Waals surface area contributed by atoms with Crippen molar-refractivity contribution in [3.05, 3.63) is 59.1 Å². The lowest BCUT2D eigenvalue weighted by atomic mass is 9.91. The molecule has 0 unspecified atom stereocenters. The van der Waals surface area contributed by atoms with Crippen LogP contribution in [0.3, 0.4) is 0 Å². The third kappa shape index (κ3) is 4.75. The largest absolute Gasteiger partial charge is 0.381 e. The molecule has 0 bridgehead atoms. The molecule has 6 heteroatoms. The molecule has 0 spiro atoms. The Kier molecular flexibility index (Phi) is 5.67. The summed E-state index contributed by atoms with van der Waals surface area (Å²) in [5, 5.41) is 4.14. The molecular weight excluding hydrogens is 356 g/mol. The number of rotatable bonds is 5. The monoisotopic (exact) mass is 378 g/mol. The number of hydrogen-bond donors (Lipinski definition) is 2. The Morgan fingerprint density at radius 2 is 1.52 bits per heavy atom. The van der Waals surface area contributed by atoms with Crippen molar-refractivity contribution in [2.24, 2.45) is 0 Å². The van der Waals surface area contributed by atoms with Crippen molar-refractivity contribution in [1.29, 1.82) is 0 Å². The molecule has 1 saturated carbocycles. The molecule has 4 nitrogen and oxygen atoms in total. The zero-order chi connectivity index (χ0) is 17.9. The molecule has 1 fully saturated rings. The zero-order valence-corrected chi connectivity index (χ0v) is 15.8. The number of aryl methyl sites for hydroxylation is 1. The van der Waals surface area contributed by atoms with Crippen LogP contribution >= 0.6 is 11.6 Å². The quantitative estimate of drug-likeness (QED) is 0.813. The summed E-state index contributed by atoms with van der Waals surface area (Å²) in [7, 11) is -3.52. The first-order valence-electron chi connectivity index (χ1n) is 8.55. The van der Waals surface area contributed by atoms with Gasteiger partial charge in [0.05, 0.1) is 4.90 Å². The third-order valence-corrected chi connectivity index (χ3v) is 6.36. The Bertz CT molecular complexity index is 804. The second-order valence-electron chi connectivity index (χ2n) is 6.58. The van der Waals surface area contributed by atoms with Gasteiger partial charge in [-0.1, -0.05) is 42.1 Å². The van der Waals surface area contributed by atoms with E-state index in [-0.39, 0.29) is 12.1 Å². The van der Waals surface area contributed by atoms with Crippen molar-refractivity contribution in [3.8, 4) is 0 Å². The summed E-state index contributed by atoms with van der Waals surface area (Å²) < 4.78 is 28.3. The minimum absolute atomic E-state index is 0.0650. The summed E-state index contributed by atoms with van der Waals surface area (Å²) in [4.78, 5) is 0.314. The zero-order valence-electron chi connectivity index (χ0n) is 14.2. The first-order valence-corrected chi connectivity index (χ1v) is 10.4. The van der Waals surface area contributed by atoms with E-state index >= 15 is 0 Å². The topological polar surface area (TPSA) is 58.2 Å². The SMILES string of the molecule is Cc1ccc(S(=O)(=O)N[C@@H]2CCCC[C@H]2Nc2ccc(Cl)cc2)cc1. The van der Waals surface area contributed by atoms with Gasteiger partial charge < -0.3 is 5.32 Å². The second kappa shape index (κ2) is 7.77. The predicted molar refractivity (Wildman–Crippen MR) is 103 cm³/mol. The van der Waals surface area contributed by atoms with E-state index in [2.05, 4.69) is 10.0 Å². The Hall–Kier alpha value is -1.56. The molecule has 0 radical (unpaired) electrons. The fourth-order valence-corrected chi connectivity index (χ4v) is 4.63. The molecule has 1 aliphatic rings. The summed E-state index contributed by atoms with van der Waals surface area (Å²) in [5.41, 5.74) is 2.00. The van der Waals surface area contributed by atoms with Gasteiger partial charge >= 0.3 is 0 Å². The number of anilines is 1. The van der Waals surface area contributed by atoms with Crippen LogP contribution in [0.2, 0.25) is 5.02 Å².